The van der Waals surface area contributed by atoms with Gasteiger partial charge in [0.1, 0.15) is 5.75 Å². The first-order valence-corrected chi connectivity index (χ1v) is 11.8. The zero-order chi connectivity index (χ0) is 24.2. The maximum absolute atomic E-state index is 12.8. The Morgan fingerprint density at radius 1 is 1.00 bits per heavy atom. The van der Waals surface area contributed by atoms with E-state index in [2.05, 4.69) is 4.72 Å². The lowest BCUT2D eigenvalue weighted by Gasteiger charge is -2.13. The van der Waals surface area contributed by atoms with Crippen LogP contribution in [0, 0.1) is 13.8 Å². The summed E-state index contributed by atoms with van der Waals surface area (Å²) in [5.41, 5.74) is 2.22. The number of esters is 1. The van der Waals surface area contributed by atoms with E-state index in [-0.39, 0.29) is 21.9 Å². The SMILES string of the molecule is CCOc1ccc(S(=O)(=O)Nc2ccccc2C(=O)OCC(=O)c2cc(C)n(C)c2C)cc1. The van der Waals surface area contributed by atoms with Crippen LogP contribution in [0.3, 0.4) is 0 Å². The molecule has 2 aromatic carbocycles. The molecule has 3 aromatic rings. The summed E-state index contributed by atoms with van der Waals surface area (Å²) in [6.07, 6.45) is 0. The average molecular weight is 471 g/mol. The average Bonchev–Trinajstić information content (AvgIpc) is 3.05. The molecule has 174 valence electrons. The molecule has 1 aromatic heterocycles. The van der Waals surface area contributed by atoms with Crippen LogP contribution in [-0.4, -0.2) is 38.0 Å². The number of ether oxygens (including phenoxy) is 2. The first-order valence-electron chi connectivity index (χ1n) is 10.3. The van der Waals surface area contributed by atoms with Crippen LogP contribution in [0.5, 0.6) is 5.75 Å². The van der Waals surface area contributed by atoms with Crippen LogP contribution in [0.1, 0.15) is 39.0 Å². The molecule has 0 fully saturated rings. The molecule has 9 heteroatoms. The number of nitrogens with one attached hydrogen (secondary N) is 1. The van der Waals surface area contributed by atoms with E-state index in [9.17, 15) is 18.0 Å². The molecule has 0 aliphatic carbocycles. The van der Waals surface area contributed by atoms with Gasteiger partial charge in [0.15, 0.2) is 6.61 Å². The number of carbonyl (C=O) groups excluding carboxylic acids is 2. The van der Waals surface area contributed by atoms with Gasteiger partial charge in [-0.15, -0.1) is 0 Å². The largest absolute Gasteiger partial charge is 0.494 e. The van der Waals surface area contributed by atoms with Gasteiger partial charge in [-0.1, -0.05) is 12.1 Å². The van der Waals surface area contributed by atoms with Gasteiger partial charge in [0, 0.05) is 24.0 Å². The van der Waals surface area contributed by atoms with Gasteiger partial charge in [0.2, 0.25) is 5.78 Å². The lowest BCUT2D eigenvalue weighted by Crippen LogP contribution is -2.18. The molecule has 0 unspecified atom stereocenters. The highest BCUT2D eigenvalue weighted by Crippen LogP contribution is 2.23. The number of rotatable bonds is 9. The number of sulfonamides is 1. The second kappa shape index (κ2) is 9.91. The van der Waals surface area contributed by atoms with E-state index in [1.54, 1.807) is 30.3 Å². The molecular formula is C24H26N2O6S. The minimum Gasteiger partial charge on any atom is -0.494 e. The summed E-state index contributed by atoms with van der Waals surface area (Å²) in [6.45, 7) is 5.53. The van der Waals surface area contributed by atoms with Crippen LogP contribution in [0.2, 0.25) is 0 Å². The van der Waals surface area contributed by atoms with Crippen molar-refractivity contribution in [2.45, 2.75) is 25.7 Å². The van der Waals surface area contributed by atoms with Gasteiger partial charge in [-0.2, -0.15) is 0 Å². The number of nitrogens with zero attached hydrogens (tertiary/aromatic N) is 1. The monoisotopic (exact) mass is 470 g/mol. The predicted molar refractivity (Wildman–Crippen MR) is 124 cm³/mol. The molecule has 0 atom stereocenters. The summed E-state index contributed by atoms with van der Waals surface area (Å²) in [6, 6.07) is 13.7. The van der Waals surface area contributed by atoms with E-state index in [4.69, 9.17) is 9.47 Å². The summed E-state index contributed by atoms with van der Waals surface area (Å²) in [4.78, 5) is 25.2. The molecule has 0 radical (unpaired) electrons. The van der Waals surface area contributed by atoms with Crippen LogP contribution in [0.15, 0.2) is 59.5 Å². The molecule has 0 saturated heterocycles. The zero-order valence-corrected chi connectivity index (χ0v) is 19.7. The van der Waals surface area contributed by atoms with Crippen LogP contribution in [-0.2, 0) is 21.8 Å². The molecular weight excluding hydrogens is 444 g/mol. The molecule has 0 spiro atoms. The number of anilines is 1. The topological polar surface area (TPSA) is 104 Å². The van der Waals surface area contributed by atoms with Crippen molar-refractivity contribution >= 4 is 27.5 Å². The van der Waals surface area contributed by atoms with Gasteiger partial charge in [-0.3, -0.25) is 9.52 Å². The van der Waals surface area contributed by atoms with Gasteiger partial charge >= 0.3 is 5.97 Å². The number of benzene rings is 2. The lowest BCUT2D eigenvalue weighted by atomic mass is 10.1. The first-order chi connectivity index (χ1) is 15.6. The number of hydrogen-bond donors (Lipinski definition) is 1. The van der Waals surface area contributed by atoms with Gasteiger partial charge in [0.25, 0.3) is 10.0 Å². The number of ketones is 1. The van der Waals surface area contributed by atoms with E-state index in [0.717, 1.165) is 11.4 Å². The second-order valence-electron chi connectivity index (χ2n) is 7.40. The third-order valence-electron chi connectivity index (χ3n) is 5.25. The fourth-order valence-electron chi connectivity index (χ4n) is 3.26. The van der Waals surface area contributed by atoms with Crippen molar-refractivity contribution in [3.63, 3.8) is 0 Å². The highest BCUT2D eigenvalue weighted by Gasteiger charge is 2.21. The normalized spacial score (nSPS) is 11.2. The summed E-state index contributed by atoms with van der Waals surface area (Å²) >= 11 is 0. The number of aromatic nitrogens is 1. The number of aryl methyl sites for hydroxylation is 1. The summed E-state index contributed by atoms with van der Waals surface area (Å²) < 4.78 is 40.4. The molecule has 0 aliphatic rings. The molecule has 0 bridgehead atoms. The number of carbonyl (C=O) groups is 2. The Kier molecular flexibility index (Phi) is 7.23. The van der Waals surface area contributed by atoms with Gasteiger partial charge in [-0.05, 0) is 63.2 Å². The Hall–Kier alpha value is -3.59. The maximum Gasteiger partial charge on any atom is 0.340 e. The van der Waals surface area contributed by atoms with Crippen molar-refractivity contribution in [2.24, 2.45) is 7.05 Å². The number of para-hydroxylation sites is 1. The summed E-state index contributed by atoms with van der Waals surface area (Å²) in [7, 11) is -2.12. The number of hydrogen-bond acceptors (Lipinski definition) is 6. The van der Waals surface area contributed by atoms with Crippen LogP contribution in [0.4, 0.5) is 5.69 Å². The van der Waals surface area contributed by atoms with Crippen LogP contribution < -0.4 is 9.46 Å². The number of Topliss-reactive ketones (excluding diaryl/α,β-unsaturated/α-hetero) is 1. The summed E-state index contributed by atoms with van der Waals surface area (Å²) in [5.74, 6) is -0.593. The lowest BCUT2D eigenvalue weighted by molar-refractivity contribution is 0.0475. The smallest absolute Gasteiger partial charge is 0.340 e. The van der Waals surface area contributed by atoms with Crippen molar-refractivity contribution in [3.05, 3.63) is 77.1 Å². The molecule has 1 heterocycles. The molecule has 3 rings (SSSR count). The fourth-order valence-corrected chi connectivity index (χ4v) is 4.34. The molecule has 1 N–H and O–H groups in total. The quantitative estimate of drug-likeness (QED) is 0.376. The molecule has 8 nitrogen and oxygen atoms in total. The van der Waals surface area contributed by atoms with Gasteiger partial charge in [0.05, 0.1) is 22.8 Å². The minimum absolute atomic E-state index is 0.000718. The van der Waals surface area contributed by atoms with Crippen LogP contribution in [0.25, 0.3) is 0 Å². The Bertz CT molecular complexity index is 1280. The second-order valence-corrected chi connectivity index (χ2v) is 9.08. The van der Waals surface area contributed by atoms with Crippen molar-refractivity contribution < 1.29 is 27.5 Å². The Morgan fingerprint density at radius 2 is 1.67 bits per heavy atom. The summed E-state index contributed by atoms with van der Waals surface area (Å²) in [5, 5.41) is 0. The predicted octanol–water partition coefficient (Wildman–Crippen LogP) is 3.88. The molecule has 33 heavy (non-hydrogen) atoms. The van der Waals surface area contributed by atoms with E-state index in [0.29, 0.717) is 17.9 Å². The van der Waals surface area contributed by atoms with Gasteiger partial charge in [-0.25, -0.2) is 13.2 Å². The van der Waals surface area contributed by atoms with Crippen molar-refractivity contribution in [2.75, 3.05) is 17.9 Å². The standard InChI is InChI=1S/C24H26N2O6S/c1-5-31-18-10-12-19(13-11-18)33(29,30)25-22-9-7-6-8-20(22)24(28)32-15-23(27)21-14-16(2)26(4)17(21)3/h6-14,25H,5,15H2,1-4H3. The van der Waals surface area contributed by atoms with E-state index in [1.165, 1.54) is 24.3 Å². The molecule has 0 aliphatic heterocycles. The highest BCUT2D eigenvalue weighted by molar-refractivity contribution is 7.92. The zero-order valence-electron chi connectivity index (χ0n) is 18.9. The Morgan fingerprint density at radius 3 is 2.27 bits per heavy atom. The van der Waals surface area contributed by atoms with Crippen molar-refractivity contribution in [1.82, 2.24) is 4.57 Å². The minimum atomic E-state index is -3.97. The highest BCUT2D eigenvalue weighted by atomic mass is 32.2. The van der Waals surface area contributed by atoms with E-state index >= 15 is 0 Å². The van der Waals surface area contributed by atoms with Crippen molar-refractivity contribution in [1.29, 1.82) is 0 Å². The Labute approximate surface area is 193 Å². The third kappa shape index (κ3) is 5.43. The molecule has 0 amide bonds. The van der Waals surface area contributed by atoms with Crippen molar-refractivity contribution in [3.8, 4) is 5.75 Å². The van der Waals surface area contributed by atoms with E-state index < -0.39 is 22.6 Å². The Balaban J connectivity index is 1.74. The first kappa shape index (κ1) is 24.1. The molecule has 0 saturated carbocycles. The fraction of sp³-hybridized carbons (Fsp3) is 0.250. The third-order valence-corrected chi connectivity index (χ3v) is 6.63. The van der Waals surface area contributed by atoms with Gasteiger partial charge < -0.3 is 14.0 Å². The maximum atomic E-state index is 12.8. The van der Waals surface area contributed by atoms with E-state index in [1.807, 2.05) is 32.4 Å². The van der Waals surface area contributed by atoms with Crippen LogP contribution >= 0.6 is 0 Å².